The SMILES string of the molecule is CCOc1cccc2c1O[C@@]1(C)[C@H](C(=O)Nc3ccc(C)cc3C)[C@H]2NC(=S)N1CC. The van der Waals surface area contributed by atoms with Gasteiger partial charge >= 0.3 is 0 Å². The van der Waals surface area contributed by atoms with E-state index in [-0.39, 0.29) is 11.9 Å². The molecule has 1 fully saturated rings. The summed E-state index contributed by atoms with van der Waals surface area (Å²) in [5, 5.41) is 7.11. The fourth-order valence-corrected chi connectivity index (χ4v) is 5.17. The molecule has 1 saturated heterocycles. The lowest BCUT2D eigenvalue weighted by molar-refractivity contribution is -0.149. The zero-order chi connectivity index (χ0) is 22.3. The minimum Gasteiger partial charge on any atom is -0.490 e. The van der Waals surface area contributed by atoms with E-state index in [0.29, 0.717) is 29.8 Å². The summed E-state index contributed by atoms with van der Waals surface area (Å²) in [6.45, 7) is 11.1. The van der Waals surface area contributed by atoms with Gasteiger partial charge in [-0.05, 0) is 64.5 Å². The summed E-state index contributed by atoms with van der Waals surface area (Å²) >= 11 is 5.64. The average Bonchev–Trinajstić information content (AvgIpc) is 2.70. The molecule has 0 aliphatic carbocycles. The van der Waals surface area contributed by atoms with E-state index in [9.17, 15) is 4.79 Å². The van der Waals surface area contributed by atoms with Crippen LogP contribution in [0.5, 0.6) is 11.5 Å². The maximum absolute atomic E-state index is 13.7. The summed E-state index contributed by atoms with van der Waals surface area (Å²) in [4.78, 5) is 15.6. The number of nitrogens with one attached hydrogen (secondary N) is 2. The smallest absolute Gasteiger partial charge is 0.236 e. The zero-order valence-corrected chi connectivity index (χ0v) is 19.4. The van der Waals surface area contributed by atoms with E-state index >= 15 is 0 Å². The number of carbonyl (C=O) groups excluding carboxylic acids is 1. The molecule has 7 heteroatoms. The van der Waals surface area contributed by atoms with E-state index in [1.807, 2.05) is 69.9 Å². The Kier molecular flexibility index (Phi) is 5.56. The molecule has 0 unspecified atom stereocenters. The third kappa shape index (κ3) is 3.51. The summed E-state index contributed by atoms with van der Waals surface area (Å²) < 4.78 is 12.4. The van der Waals surface area contributed by atoms with Crippen molar-refractivity contribution in [3.05, 3.63) is 53.1 Å². The van der Waals surface area contributed by atoms with Crippen LogP contribution in [-0.4, -0.2) is 34.8 Å². The van der Waals surface area contributed by atoms with Crippen molar-refractivity contribution in [3.63, 3.8) is 0 Å². The van der Waals surface area contributed by atoms with Crippen molar-refractivity contribution < 1.29 is 14.3 Å². The van der Waals surface area contributed by atoms with Crippen LogP contribution in [0.4, 0.5) is 5.69 Å². The number of aryl methyl sites for hydroxylation is 2. The Morgan fingerprint density at radius 2 is 2.06 bits per heavy atom. The number of nitrogens with zero attached hydrogens (tertiary/aromatic N) is 1. The highest BCUT2D eigenvalue weighted by molar-refractivity contribution is 7.80. The van der Waals surface area contributed by atoms with Gasteiger partial charge in [-0.15, -0.1) is 0 Å². The average molecular weight is 440 g/mol. The molecule has 31 heavy (non-hydrogen) atoms. The van der Waals surface area contributed by atoms with Gasteiger partial charge in [-0.25, -0.2) is 0 Å². The third-order valence-corrected chi connectivity index (χ3v) is 6.50. The fraction of sp³-hybridized carbons (Fsp3) is 0.417. The van der Waals surface area contributed by atoms with Gasteiger partial charge in [0.05, 0.1) is 12.6 Å². The summed E-state index contributed by atoms with van der Waals surface area (Å²) in [6, 6.07) is 11.5. The second-order valence-electron chi connectivity index (χ2n) is 8.22. The van der Waals surface area contributed by atoms with Crippen molar-refractivity contribution in [2.45, 2.75) is 46.4 Å². The van der Waals surface area contributed by atoms with Gasteiger partial charge in [0.1, 0.15) is 5.92 Å². The van der Waals surface area contributed by atoms with Crippen molar-refractivity contribution in [1.29, 1.82) is 0 Å². The first-order valence-corrected chi connectivity index (χ1v) is 11.1. The van der Waals surface area contributed by atoms with Gasteiger partial charge in [0.2, 0.25) is 5.91 Å². The van der Waals surface area contributed by atoms with Crippen molar-refractivity contribution in [3.8, 4) is 11.5 Å². The van der Waals surface area contributed by atoms with Gasteiger partial charge < -0.3 is 25.0 Å². The Labute approximate surface area is 188 Å². The molecular weight excluding hydrogens is 410 g/mol. The van der Waals surface area contributed by atoms with Crippen LogP contribution in [-0.2, 0) is 4.79 Å². The molecule has 3 atom stereocenters. The van der Waals surface area contributed by atoms with Gasteiger partial charge in [-0.2, -0.15) is 0 Å². The van der Waals surface area contributed by atoms with Gasteiger partial charge in [-0.3, -0.25) is 4.79 Å². The Hall–Kier alpha value is -2.80. The van der Waals surface area contributed by atoms with E-state index in [2.05, 4.69) is 16.7 Å². The van der Waals surface area contributed by atoms with Crippen LogP contribution in [0.2, 0.25) is 0 Å². The van der Waals surface area contributed by atoms with Crippen LogP contribution in [0, 0.1) is 19.8 Å². The molecule has 6 nitrogen and oxygen atoms in total. The normalized spacial score (nSPS) is 24.0. The van der Waals surface area contributed by atoms with Crippen molar-refractivity contribution in [1.82, 2.24) is 10.2 Å². The first-order chi connectivity index (χ1) is 14.8. The minimum atomic E-state index is -0.954. The number of benzene rings is 2. The Balaban J connectivity index is 1.79. The lowest BCUT2D eigenvalue weighted by atomic mass is 9.78. The van der Waals surface area contributed by atoms with Crippen molar-refractivity contribution in [2.75, 3.05) is 18.5 Å². The van der Waals surface area contributed by atoms with Crippen LogP contribution in [0.3, 0.4) is 0 Å². The molecule has 2 aliphatic rings. The maximum Gasteiger partial charge on any atom is 0.236 e. The number of thiocarbonyl (C=S) groups is 1. The predicted octanol–water partition coefficient (Wildman–Crippen LogP) is 4.32. The van der Waals surface area contributed by atoms with Crippen LogP contribution in [0.1, 0.15) is 43.5 Å². The Morgan fingerprint density at radius 1 is 1.29 bits per heavy atom. The lowest BCUT2D eigenvalue weighted by Crippen LogP contribution is -2.71. The second-order valence-corrected chi connectivity index (χ2v) is 8.61. The molecule has 164 valence electrons. The highest BCUT2D eigenvalue weighted by atomic mass is 32.1. The summed E-state index contributed by atoms with van der Waals surface area (Å²) in [6.07, 6.45) is 0. The van der Waals surface area contributed by atoms with Crippen LogP contribution in [0.25, 0.3) is 0 Å². The predicted molar refractivity (Wildman–Crippen MR) is 126 cm³/mol. The van der Waals surface area contributed by atoms with Gasteiger partial charge in [0.25, 0.3) is 0 Å². The van der Waals surface area contributed by atoms with Gasteiger partial charge in [-0.1, -0.05) is 29.8 Å². The second kappa shape index (κ2) is 8.04. The molecule has 0 saturated carbocycles. The van der Waals surface area contributed by atoms with Crippen LogP contribution >= 0.6 is 12.2 Å². The molecule has 1 amide bonds. The van der Waals surface area contributed by atoms with Crippen LogP contribution < -0.4 is 20.1 Å². The third-order valence-electron chi connectivity index (χ3n) is 6.16. The first kappa shape index (κ1) is 21.4. The van der Waals surface area contributed by atoms with Gasteiger partial charge in [0.15, 0.2) is 22.3 Å². The van der Waals surface area contributed by atoms with E-state index in [1.54, 1.807) is 0 Å². The molecule has 2 aromatic carbocycles. The quantitative estimate of drug-likeness (QED) is 0.677. The number of anilines is 1. The zero-order valence-electron chi connectivity index (χ0n) is 18.6. The van der Waals surface area contributed by atoms with E-state index in [1.165, 1.54) is 0 Å². The van der Waals surface area contributed by atoms with Crippen LogP contribution in [0.15, 0.2) is 36.4 Å². The van der Waals surface area contributed by atoms with Crippen molar-refractivity contribution >= 4 is 28.9 Å². The highest BCUT2D eigenvalue weighted by Crippen LogP contribution is 2.51. The lowest BCUT2D eigenvalue weighted by Gasteiger charge is -2.56. The highest BCUT2D eigenvalue weighted by Gasteiger charge is 2.58. The molecule has 2 bridgehead atoms. The summed E-state index contributed by atoms with van der Waals surface area (Å²) in [5.41, 5.74) is 2.90. The molecule has 2 aliphatic heterocycles. The summed E-state index contributed by atoms with van der Waals surface area (Å²) in [5.74, 6) is 0.709. The number of amides is 1. The number of ether oxygens (including phenoxy) is 2. The largest absolute Gasteiger partial charge is 0.490 e. The topological polar surface area (TPSA) is 62.8 Å². The molecule has 0 spiro atoms. The molecule has 0 aromatic heterocycles. The standard InChI is InChI=1S/C24H29N3O3S/c1-6-27-23(31)26-20-16-9-8-10-18(29-7-2)21(16)30-24(27,5)19(20)22(28)25-17-12-11-14(3)13-15(17)4/h8-13,19-20H,6-7H2,1-5H3,(H,25,28)(H,26,31)/t19-,20-,24-/m0/s1. The molecule has 2 aromatic rings. The fourth-order valence-electron chi connectivity index (χ4n) is 4.73. The maximum atomic E-state index is 13.7. The first-order valence-electron chi connectivity index (χ1n) is 10.7. The van der Waals surface area contributed by atoms with Crippen molar-refractivity contribution in [2.24, 2.45) is 5.92 Å². The number of rotatable bonds is 5. The Morgan fingerprint density at radius 3 is 2.74 bits per heavy atom. The van der Waals surface area contributed by atoms with Gasteiger partial charge in [0, 0.05) is 17.8 Å². The molecule has 2 heterocycles. The molecule has 0 radical (unpaired) electrons. The summed E-state index contributed by atoms with van der Waals surface area (Å²) in [7, 11) is 0. The minimum absolute atomic E-state index is 0.111. The number of hydrogen-bond acceptors (Lipinski definition) is 4. The molecule has 4 rings (SSSR count). The number of para-hydroxylation sites is 1. The number of fused-ring (bicyclic) bond motifs is 4. The number of carbonyl (C=O) groups is 1. The van der Waals surface area contributed by atoms with E-state index in [4.69, 9.17) is 21.7 Å². The Bertz CT molecular complexity index is 1040. The monoisotopic (exact) mass is 439 g/mol. The number of hydrogen-bond donors (Lipinski definition) is 2. The van der Waals surface area contributed by atoms with E-state index < -0.39 is 11.6 Å². The molecular formula is C24H29N3O3S. The molecule has 2 N–H and O–H groups in total. The van der Waals surface area contributed by atoms with E-state index in [0.717, 1.165) is 22.4 Å².